The molecule has 116 valence electrons. The molecule has 0 aliphatic rings. The fraction of sp³-hybridized carbons (Fsp3) is 0.235. The van der Waals surface area contributed by atoms with Gasteiger partial charge < -0.3 is 21.3 Å². The topological polar surface area (TPSA) is 95.6 Å². The van der Waals surface area contributed by atoms with E-state index < -0.39 is 5.97 Å². The van der Waals surface area contributed by atoms with E-state index >= 15 is 0 Å². The molecule has 0 fully saturated rings. The van der Waals surface area contributed by atoms with Gasteiger partial charge in [0.15, 0.2) is 0 Å². The number of hydrogen-bond acceptors (Lipinski definition) is 4. The Morgan fingerprint density at radius 2 is 1.77 bits per heavy atom. The second-order valence-electron chi connectivity index (χ2n) is 5.27. The average Bonchev–Trinajstić information content (AvgIpc) is 2.51. The van der Waals surface area contributed by atoms with Crippen LogP contribution in [0.15, 0.2) is 30.3 Å². The number of aromatic hydroxyl groups is 1. The number of hydrogen-bond donors (Lipinski definition) is 4. The van der Waals surface area contributed by atoms with Gasteiger partial charge in [0.2, 0.25) is 0 Å². The lowest BCUT2D eigenvalue weighted by molar-refractivity contribution is 0.0695. The van der Waals surface area contributed by atoms with Crippen LogP contribution in [0.2, 0.25) is 0 Å². The molecule has 0 amide bonds. The molecular weight excluding hydrogens is 280 g/mol. The first-order chi connectivity index (χ1) is 10.4. The van der Waals surface area contributed by atoms with E-state index in [4.69, 9.17) is 10.8 Å². The van der Waals surface area contributed by atoms with Crippen molar-refractivity contribution in [3.8, 4) is 5.75 Å². The zero-order valence-corrected chi connectivity index (χ0v) is 12.7. The maximum atomic E-state index is 11.1. The van der Waals surface area contributed by atoms with E-state index in [1.54, 1.807) is 19.9 Å². The van der Waals surface area contributed by atoms with Gasteiger partial charge in [0.25, 0.3) is 0 Å². The quantitative estimate of drug-likeness (QED) is 0.637. The maximum absolute atomic E-state index is 11.1. The van der Waals surface area contributed by atoms with E-state index in [2.05, 4.69) is 5.32 Å². The lowest BCUT2D eigenvalue weighted by atomic mass is 10.0. The Labute approximate surface area is 129 Å². The van der Waals surface area contributed by atoms with Crippen molar-refractivity contribution in [3.05, 3.63) is 58.1 Å². The van der Waals surface area contributed by atoms with Gasteiger partial charge in [-0.25, -0.2) is 4.79 Å². The van der Waals surface area contributed by atoms with Crippen molar-refractivity contribution in [2.45, 2.75) is 26.9 Å². The molecule has 0 bridgehead atoms. The third-order valence-corrected chi connectivity index (χ3v) is 3.71. The number of phenols is 1. The van der Waals surface area contributed by atoms with E-state index in [1.807, 2.05) is 24.3 Å². The summed E-state index contributed by atoms with van der Waals surface area (Å²) in [4.78, 5) is 11.1. The summed E-state index contributed by atoms with van der Waals surface area (Å²) >= 11 is 0. The van der Waals surface area contributed by atoms with Gasteiger partial charge in [-0.1, -0.05) is 24.3 Å². The Kier molecular flexibility index (Phi) is 4.68. The molecule has 0 aliphatic carbocycles. The van der Waals surface area contributed by atoms with Gasteiger partial charge in [0.1, 0.15) is 5.75 Å². The van der Waals surface area contributed by atoms with E-state index in [1.165, 1.54) is 0 Å². The number of nitrogens with one attached hydrogen (secondary N) is 1. The summed E-state index contributed by atoms with van der Waals surface area (Å²) in [6.07, 6.45) is 0. The minimum Gasteiger partial charge on any atom is -0.505 e. The second-order valence-corrected chi connectivity index (χ2v) is 5.27. The van der Waals surface area contributed by atoms with Crippen molar-refractivity contribution >= 4 is 11.7 Å². The minimum absolute atomic E-state index is 0.0176. The number of aryl methyl sites for hydroxylation is 1. The number of rotatable bonds is 5. The summed E-state index contributed by atoms with van der Waals surface area (Å²) in [7, 11) is 0. The Bertz CT molecular complexity index is 694. The standard InChI is InChI=1S/C17H20N2O3/c1-10-7-14(17(21)22)11(2)16(20)15(10)19-9-13-5-3-12(8-18)4-6-13/h3-7,19-20H,8-9,18H2,1-2H3,(H,21,22). The molecule has 0 atom stereocenters. The van der Waals surface area contributed by atoms with Crippen molar-refractivity contribution in [1.82, 2.24) is 0 Å². The Balaban J connectivity index is 2.22. The molecule has 0 radical (unpaired) electrons. The van der Waals surface area contributed by atoms with Crippen LogP contribution in [0.5, 0.6) is 5.75 Å². The molecule has 22 heavy (non-hydrogen) atoms. The van der Waals surface area contributed by atoms with Crippen LogP contribution in [0, 0.1) is 13.8 Å². The lowest BCUT2D eigenvalue weighted by Gasteiger charge is -2.15. The minimum atomic E-state index is -1.04. The van der Waals surface area contributed by atoms with Crippen LogP contribution in [0.3, 0.4) is 0 Å². The molecule has 0 spiro atoms. The van der Waals surface area contributed by atoms with Gasteiger partial charge in [-0.3, -0.25) is 0 Å². The van der Waals surface area contributed by atoms with Crippen molar-refractivity contribution in [1.29, 1.82) is 0 Å². The smallest absolute Gasteiger partial charge is 0.336 e. The molecule has 0 unspecified atom stereocenters. The van der Waals surface area contributed by atoms with Crippen LogP contribution in [0.4, 0.5) is 5.69 Å². The number of phenolic OH excluding ortho intramolecular Hbond substituents is 1. The number of aromatic carboxylic acids is 1. The van der Waals surface area contributed by atoms with E-state index in [0.29, 0.717) is 29.9 Å². The fourth-order valence-electron chi connectivity index (χ4n) is 2.33. The fourth-order valence-corrected chi connectivity index (χ4v) is 2.33. The van der Waals surface area contributed by atoms with E-state index in [0.717, 1.165) is 11.1 Å². The molecule has 5 nitrogen and oxygen atoms in total. The lowest BCUT2D eigenvalue weighted by Crippen LogP contribution is -2.06. The molecule has 0 aromatic heterocycles. The molecule has 0 saturated carbocycles. The number of anilines is 1. The van der Waals surface area contributed by atoms with Gasteiger partial charge in [0.05, 0.1) is 11.3 Å². The number of carboxylic acid groups (broad SMARTS) is 1. The third kappa shape index (κ3) is 3.20. The summed E-state index contributed by atoms with van der Waals surface area (Å²) in [5.41, 5.74) is 9.41. The van der Waals surface area contributed by atoms with Crippen LogP contribution in [0.25, 0.3) is 0 Å². The summed E-state index contributed by atoms with van der Waals surface area (Å²) in [6, 6.07) is 9.43. The van der Waals surface area contributed by atoms with Crippen molar-refractivity contribution in [3.63, 3.8) is 0 Å². The summed E-state index contributed by atoms with van der Waals surface area (Å²) in [6.45, 7) is 4.40. The first-order valence-corrected chi connectivity index (χ1v) is 7.02. The van der Waals surface area contributed by atoms with Crippen molar-refractivity contribution in [2.24, 2.45) is 5.73 Å². The summed E-state index contributed by atoms with van der Waals surface area (Å²) in [5.74, 6) is -1.06. The van der Waals surface area contributed by atoms with Crippen LogP contribution in [-0.4, -0.2) is 16.2 Å². The summed E-state index contributed by atoms with van der Waals surface area (Å²) < 4.78 is 0. The van der Waals surface area contributed by atoms with Gasteiger partial charge in [-0.2, -0.15) is 0 Å². The number of carboxylic acids is 1. The Morgan fingerprint density at radius 1 is 1.18 bits per heavy atom. The zero-order valence-electron chi connectivity index (χ0n) is 12.7. The average molecular weight is 300 g/mol. The van der Waals surface area contributed by atoms with Gasteiger partial charge in [-0.05, 0) is 36.6 Å². The molecule has 0 heterocycles. The Morgan fingerprint density at radius 3 is 2.32 bits per heavy atom. The van der Waals surface area contributed by atoms with Crippen LogP contribution < -0.4 is 11.1 Å². The van der Waals surface area contributed by atoms with Crippen LogP contribution >= 0.6 is 0 Å². The van der Waals surface area contributed by atoms with Crippen molar-refractivity contribution < 1.29 is 15.0 Å². The highest BCUT2D eigenvalue weighted by atomic mass is 16.4. The van der Waals surface area contributed by atoms with Gasteiger partial charge in [-0.15, -0.1) is 0 Å². The highest BCUT2D eigenvalue weighted by Gasteiger charge is 2.16. The zero-order chi connectivity index (χ0) is 16.3. The molecule has 2 aromatic carbocycles. The van der Waals surface area contributed by atoms with Gasteiger partial charge in [0, 0.05) is 18.7 Å². The molecule has 2 rings (SSSR count). The maximum Gasteiger partial charge on any atom is 0.336 e. The number of carbonyl (C=O) groups is 1. The normalized spacial score (nSPS) is 10.5. The van der Waals surface area contributed by atoms with Crippen LogP contribution in [0.1, 0.15) is 32.6 Å². The monoisotopic (exact) mass is 300 g/mol. The number of nitrogens with two attached hydrogens (primary N) is 1. The Hall–Kier alpha value is -2.53. The van der Waals surface area contributed by atoms with E-state index in [-0.39, 0.29) is 11.3 Å². The molecule has 0 saturated heterocycles. The van der Waals surface area contributed by atoms with Gasteiger partial charge >= 0.3 is 5.97 Å². The van der Waals surface area contributed by atoms with E-state index in [9.17, 15) is 9.90 Å². The molecular formula is C17H20N2O3. The largest absolute Gasteiger partial charge is 0.505 e. The van der Waals surface area contributed by atoms with Crippen LogP contribution in [-0.2, 0) is 13.1 Å². The summed E-state index contributed by atoms with van der Waals surface area (Å²) in [5, 5.41) is 22.5. The highest BCUT2D eigenvalue weighted by molar-refractivity contribution is 5.92. The first kappa shape index (κ1) is 15.9. The number of benzene rings is 2. The third-order valence-electron chi connectivity index (χ3n) is 3.71. The molecule has 5 heteroatoms. The predicted molar refractivity (Wildman–Crippen MR) is 86.2 cm³/mol. The molecule has 2 aromatic rings. The molecule has 5 N–H and O–H groups in total. The second kappa shape index (κ2) is 6.49. The highest BCUT2D eigenvalue weighted by Crippen LogP contribution is 2.33. The SMILES string of the molecule is Cc1cc(C(=O)O)c(C)c(O)c1NCc1ccc(CN)cc1. The molecule has 0 aliphatic heterocycles. The van der Waals surface area contributed by atoms with Crippen molar-refractivity contribution in [2.75, 3.05) is 5.32 Å². The first-order valence-electron chi connectivity index (χ1n) is 7.02. The predicted octanol–water partition coefficient (Wildman–Crippen LogP) is 2.78.